The van der Waals surface area contributed by atoms with E-state index >= 15 is 0 Å². The summed E-state index contributed by atoms with van der Waals surface area (Å²) in [7, 11) is 0. The second-order valence-electron chi connectivity index (χ2n) is 4.71. The SMILES string of the molecule is CC(=O)COCCOCCCN1C(=O)CC(C)C1=O. The van der Waals surface area contributed by atoms with E-state index in [1.807, 2.05) is 0 Å². The van der Waals surface area contributed by atoms with Crippen LogP contribution in [0.2, 0.25) is 0 Å². The monoisotopic (exact) mass is 271 g/mol. The predicted molar refractivity (Wildman–Crippen MR) is 67.4 cm³/mol. The number of nitrogens with zero attached hydrogens (tertiary/aromatic N) is 1. The highest BCUT2D eigenvalue weighted by molar-refractivity contribution is 6.03. The molecule has 0 aromatic carbocycles. The molecule has 0 spiro atoms. The molecule has 19 heavy (non-hydrogen) atoms. The number of rotatable bonds is 9. The smallest absolute Gasteiger partial charge is 0.232 e. The number of hydrogen-bond acceptors (Lipinski definition) is 5. The number of hydrogen-bond donors (Lipinski definition) is 0. The first-order valence-corrected chi connectivity index (χ1v) is 6.51. The van der Waals surface area contributed by atoms with Crippen LogP contribution < -0.4 is 0 Å². The lowest BCUT2D eigenvalue weighted by Crippen LogP contribution is -2.31. The first-order valence-electron chi connectivity index (χ1n) is 6.51. The van der Waals surface area contributed by atoms with Crippen LogP contribution in [0, 0.1) is 5.92 Å². The first-order chi connectivity index (χ1) is 9.02. The molecule has 1 aliphatic heterocycles. The number of carbonyl (C=O) groups is 3. The van der Waals surface area contributed by atoms with E-state index in [9.17, 15) is 14.4 Å². The number of Topliss-reactive ketones (excluding diaryl/α,β-unsaturated/α-hetero) is 1. The fourth-order valence-corrected chi connectivity index (χ4v) is 1.84. The minimum Gasteiger partial charge on any atom is -0.379 e. The summed E-state index contributed by atoms with van der Waals surface area (Å²) in [5, 5.41) is 0. The van der Waals surface area contributed by atoms with Gasteiger partial charge in [-0.15, -0.1) is 0 Å². The van der Waals surface area contributed by atoms with E-state index in [-0.39, 0.29) is 30.1 Å². The molecular formula is C13H21NO5. The Bertz CT molecular complexity index is 342. The van der Waals surface area contributed by atoms with Gasteiger partial charge in [0.05, 0.1) is 13.2 Å². The fraction of sp³-hybridized carbons (Fsp3) is 0.769. The van der Waals surface area contributed by atoms with Crippen molar-refractivity contribution in [3.63, 3.8) is 0 Å². The van der Waals surface area contributed by atoms with Crippen molar-refractivity contribution in [1.82, 2.24) is 4.90 Å². The molecule has 1 saturated heterocycles. The predicted octanol–water partition coefficient (Wildman–Crippen LogP) is 0.394. The van der Waals surface area contributed by atoms with Gasteiger partial charge in [0, 0.05) is 25.5 Å². The third-order valence-electron chi connectivity index (χ3n) is 2.82. The van der Waals surface area contributed by atoms with Gasteiger partial charge in [0.1, 0.15) is 6.61 Å². The standard InChI is InChI=1S/C13H21NO5/c1-10-8-12(16)14(13(10)17)4-3-5-18-6-7-19-9-11(2)15/h10H,3-9H2,1-2H3. The summed E-state index contributed by atoms with van der Waals surface area (Å²) in [5.74, 6) is -0.384. The molecule has 1 atom stereocenters. The lowest BCUT2D eigenvalue weighted by molar-refractivity contribution is -0.139. The van der Waals surface area contributed by atoms with Crippen LogP contribution >= 0.6 is 0 Å². The molecule has 0 aliphatic carbocycles. The third-order valence-corrected chi connectivity index (χ3v) is 2.82. The minimum atomic E-state index is -0.187. The molecule has 2 amide bonds. The Balaban J connectivity index is 2.01. The molecular weight excluding hydrogens is 250 g/mol. The first kappa shape index (κ1) is 15.8. The Morgan fingerprint density at radius 3 is 2.53 bits per heavy atom. The van der Waals surface area contributed by atoms with Crippen molar-refractivity contribution in [3.05, 3.63) is 0 Å². The largest absolute Gasteiger partial charge is 0.379 e. The highest BCUT2D eigenvalue weighted by Gasteiger charge is 2.34. The van der Waals surface area contributed by atoms with E-state index in [0.29, 0.717) is 39.2 Å². The quantitative estimate of drug-likeness (QED) is 0.448. The summed E-state index contributed by atoms with van der Waals surface area (Å²) in [6, 6.07) is 0. The van der Waals surface area contributed by atoms with E-state index in [4.69, 9.17) is 9.47 Å². The molecule has 1 rings (SSSR count). The second kappa shape index (κ2) is 8.01. The number of ketones is 1. The molecule has 0 aromatic heterocycles. The lowest BCUT2D eigenvalue weighted by Gasteiger charge is -2.14. The van der Waals surface area contributed by atoms with E-state index < -0.39 is 0 Å². The van der Waals surface area contributed by atoms with Crippen molar-refractivity contribution in [2.45, 2.75) is 26.7 Å². The molecule has 0 radical (unpaired) electrons. The van der Waals surface area contributed by atoms with Crippen LogP contribution in [0.4, 0.5) is 0 Å². The van der Waals surface area contributed by atoms with Gasteiger partial charge in [-0.05, 0) is 13.3 Å². The summed E-state index contributed by atoms with van der Waals surface area (Å²) in [4.78, 5) is 35.0. The van der Waals surface area contributed by atoms with Gasteiger partial charge >= 0.3 is 0 Å². The van der Waals surface area contributed by atoms with Crippen LogP contribution in [0.25, 0.3) is 0 Å². The summed E-state index contributed by atoms with van der Waals surface area (Å²) in [5.41, 5.74) is 0. The average Bonchev–Trinajstić information content (AvgIpc) is 2.58. The Kier molecular flexibility index (Phi) is 6.66. The molecule has 0 saturated carbocycles. The van der Waals surface area contributed by atoms with Crippen LogP contribution in [0.3, 0.4) is 0 Å². The van der Waals surface area contributed by atoms with Crippen molar-refractivity contribution in [2.24, 2.45) is 5.92 Å². The Morgan fingerprint density at radius 2 is 1.95 bits per heavy atom. The molecule has 6 heteroatoms. The van der Waals surface area contributed by atoms with Crippen molar-refractivity contribution in [2.75, 3.05) is 33.0 Å². The number of imide groups is 1. The highest BCUT2D eigenvalue weighted by Crippen LogP contribution is 2.18. The molecule has 1 unspecified atom stereocenters. The Labute approximate surface area is 113 Å². The molecule has 0 N–H and O–H groups in total. The Hall–Kier alpha value is -1.27. The molecule has 108 valence electrons. The second-order valence-corrected chi connectivity index (χ2v) is 4.71. The lowest BCUT2D eigenvalue weighted by atomic mass is 10.1. The van der Waals surface area contributed by atoms with Crippen molar-refractivity contribution >= 4 is 17.6 Å². The van der Waals surface area contributed by atoms with Gasteiger partial charge in [-0.25, -0.2) is 0 Å². The Morgan fingerprint density at radius 1 is 1.26 bits per heavy atom. The average molecular weight is 271 g/mol. The topological polar surface area (TPSA) is 72.9 Å². The third kappa shape index (κ3) is 5.48. The zero-order valence-corrected chi connectivity index (χ0v) is 11.5. The maximum atomic E-state index is 11.6. The van der Waals surface area contributed by atoms with E-state index in [1.54, 1.807) is 6.92 Å². The maximum absolute atomic E-state index is 11.6. The van der Waals surface area contributed by atoms with Crippen LogP contribution in [0.1, 0.15) is 26.7 Å². The van der Waals surface area contributed by atoms with Gasteiger partial charge in [0.15, 0.2) is 5.78 Å². The molecule has 1 aliphatic rings. The van der Waals surface area contributed by atoms with Crippen LogP contribution in [0.5, 0.6) is 0 Å². The normalized spacial score (nSPS) is 19.3. The highest BCUT2D eigenvalue weighted by atomic mass is 16.5. The zero-order chi connectivity index (χ0) is 14.3. The van der Waals surface area contributed by atoms with Crippen molar-refractivity contribution in [1.29, 1.82) is 0 Å². The number of carbonyl (C=O) groups excluding carboxylic acids is 3. The number of amides is 2. The van der Waals surface area contributed by atoms with Gasteiger partial charge in [0.2, 0.25) is 11.8 Å². The van der Waals surface area contributed by atoms with E-state index in [1.165, 1.54) is 11.8 Å². The molecule has 0 aromatic rings. The van der Waals surface area contributed by atoms with E-state index in [2.05, 4.69) is 0 Å². The summed E-state index contributed by atoms with van der Waals surface area (Å²) < 4.78 is 10.3. The van der Waals surface area contributed by atoms with Gasteiger partial charge in [-0.3, -0.25) is 19.3 Å². The van der Waals surface area contributed by atoms with Crippen LogP contribution in [-0.2, 0) is 23.9 Å². The van der Waals surface area contributed by atoms with Gasteiger partial charge < -0.3 is 9.47 Å². The maximum Gasteiger partial charge on any atom is 0.232 e. The van der Waals surface area contributed by atoms with Crippen molar-refractivity contribution < 1.29 is 23.9 Å². The summed E-state index contributed by atoms with van der Waals surface area (Å²) in [6.45, 7) is 5.00. The molecule has 0 bridgehead atoms. The number of ether oxygens (including phenoxy) is 2. The van der Waals surface area contributed by atoms with Crippen molar-refractivity contribution in [3.8, 4) is 0 Å². The molecule has 1 fully saturated rings. The van der Waals surface area contributed by atoms with Crippen LogP contribution in [0.15, 0.2) is 0 Å². The minimum absolute atomic E-state index is 0.0137. The molecule has 6 nitrogen and oxygen atoms in total. The van der Waals surface area contributed by atoms with Gasteiger partial charge in [0.25, 0.3) is 0 Å². The van der Waals surface area contributed by atoms with Gasteiger partial charge in [-0.1, -0.05) is 6.92 Å². The summed E-state index contributed by atoms with van der Waals surface area (Å²) >= 11 is 0. The zero-order valence-electron chi connectivity index (χ0n) is 11.5. The van der Waals surface area contributed by atoms with Gasteiger partial charge in [-0.2, -0.15) is 0 Å². The summed E-state index contributed by atoms with van der Waals surface area (Å²) in [6.07, 6.45) is 0.940. The molecule has 1 heterocycles. The fourth-order valence-electron chi connectivity index (χ4n) is 1.84. The van der Waals surface area contributed by atoms with E-state index in [0.717, 1.165) is 0 Å². The number of likely N-dealkylation sites (tertiary alicyclic amines) is 1. The van der Waals surface area contributed by atoms with Crippen LogP contribution in [-0.4, -0.2) is 55.5 Å².